The lowest BCUT2D eigenvalue weighted by molar-refractivity contribution is 0.195. The highest BCUT2D eigenvalue weighted by Crippen LogP contribution is 2.18. The van der Waals surface area contributed by atoms with Crippen LogP contribution in [0.4, 0.5) is 10.5 Å². The van der Waals surface area contributed by atoms with Gasteiger partial charge in [0.25, 0.3) is 0 Å². The molecule has 2 rings (SSSR count). The quantitative estimate of drug-likeness (QED) is 0.881. The molecule has 1 aromatic rings. The van der Waals surface area contributed by atoms with Gasteiger partial charge in [0.15, 0.2) is 0 Å². The zero-order valence-electron chi connectivity index (χ0n) is 12.1. The Morgan fingerprint density at radius 2 is 1.80 bits per heavy atom. The van der Waals surface area contributed by atoms with Crippen LogP contribution in [0.25, 0.3) is 0 Å². The Kier molecular flexibility index (Phi) is 6.30. The van der Waals surface area contributed by atoms with Crippen LogP contribution in [0.5, 0.6) is 0 Å². The van der Waals surface area contributed by atoms with E-state index in [4.69, 9.17) is 5.73 Å². The maximum Gasteiger partial charge on any atom is 0.321 e. The summed E-state index contributed by atoms with van der Waals surface area (Å²) in [5.74, 6) is 0.508. The molecule has 2 amide bonds. The molecule has 1 aliphatic heterocycles. The molecule has 1 aromatic carbocycles. The number of amides is 2. The van der Waals surface area contributed by atoms with Crippen molar-refractivity contribution in [2.75, 3.05) is 18.4 Å². The number of piperidine rings is 1. The van der Waals surface area contributed by atoms with Crippen LogP contribution in [0.3, 0.4) is 0 Å². The van der Waals surface area contributed by atoms with E-state index in [0.29, 0.717) is 5.92 Å². The van der Waals surface area contributed by atoms with E-state index in [0.717, 1.165) is 31.6 Å². The number of hydrogen-bond donors (Lipinski definition) is 2. The van der Waals surface area contributed by atoms with Crippen LogP contribution in [0.1, 0.15) is 38.2 Å². The number of benzene rings is 1. The molecular formula is C15H24ClN3O. The molecular weight excluding hydrogens is 274 g/mol. The standard InChI is InChI=1S/C15H23N3O.ClH/c1-11(2)12-3-5-14(6-4-12)17-15(19)18-9-7-13(16)8-10-18;/h3-6,11,13H,7-10,16H2,1-2H3,(H,17,19);1H. The number of rotatable bonds is 2. The minimum absolute atomic E-state index is 0. The number of carbonyl (C=O) groups excluding carboxylic acids is 1. The van der Waals surface area contributed by atoms with Gasteiger partial charge in [-0.15, -0.1) is 12.4 Å². The molecule has 4 nitrogen and oxygen atoms in total. The number of halogens is 1. The highest BCUT2D eigenvalue weighted by atomic mass is 35.5. The molecule has 0 saturated carbocycles. The van der Waals surface area contributed by atoms with Gasteiger partial charge in [-0.05, 0) is 36.5 Å². The zero-order valence-corrected chi connectivity index (χ0v) is 13.0. The predicted molar refractivity (Wildman–Crippen MR) is 85.6 cm³/mol. The number of likely N-dealkylation sites (tertiary alicyclic amines) is 1. The second-order valence-corrected chi connectivity index (χ2v) is 5.53. The van der Waals surface area contributed by atoms with Crippen molar-refractivity contribution in [1.29, 1.82) is 0 Å². The first-order valence-electron chi connectivity index (χ1n) is 6.97. The topological polar surface area (TPSA) is 58.4 Å². The monoisotopic (exact) mass is 297 g/mol. The number of nitrogens with one attached hydrogen (secondary N) is 1. The van der Waals surface area contributed by atoms with E-state index < -0.39 is 0 Å². The Bertz CT molecular complexity index is 425. The minimum Gasteiger partial charge on any atom is -0.328 e. The molecule has 1 heterocycles. The molecule has 0 unspecified atom stereocenters. The average Bonchev–Trinajstić information content (AvgIpc) is 2.40. The fourth-order valence-corrected chi connectivity index (χ4v) is 2.26. The molecule has 0 radical (unpaired) electrons. The lowest BCUT2D eigenvalue weighted by Gasteiger charge is -2.30. The number of anilines is 1. The van der Waals surface area contributed by atoms with Crippen molar-refractivity contribution in [2.45, 2.75) is 38.6 Å². The van der Waals surface area contributed by atoms with E-state index >= 15 is 0 Å². The van der Waals surface area contributed by atoms with Crippen molar-refractivity contribution >= 4 is 24.1 Å². The highest BCUT2D eigenvalue weighted by molar-refractivity contribution is 5.89. The molecule has 0 bridgehead atoms. The predicted octanol–water partition coefficient (Wildman–Crippen LogP) is 3.19. The summed E-state index contributed by atoms with van der Waals surface area (Å²) in [5, 5.41) is 2.94. The Labute approximate surface area is 127 Å². The van der Waals surface area contributed by atoms with Gasteiger partial charge in [-0.2, -0.15) is 0 Å². The minimum atomic E-state index is -0.0239. The lowest BCUT2D eigenvalue weighted by atomic mass is 10.0. The van der Waals surface area contributed by atoms with Gasteiger partial charge in [-0.25, -0.2) is 4.79 Å². The van der Waals surface area contributed by atoms with Crippen LogP contribution in [0.15, 0.2) is 24.3 Å². The molecule has 0 aromatic heterocycles. The van der Waals surface area contributed by atoms with Crippen LogP contribution < -0.4 is 11.1 Å². The molecule has 0 atom stereocenters. The Morgan fingerprint density at radius 3 is 2.30 bits per heavy atom. The van der Waals surface area contributed by atoms with Gasteiger partial charge in [-0.1, -0.05) is 26.0 Å². The third kappa shape index (κ3) is 4.39. The largest absolute Gasteiger partial charge is 0.328 e. The summed E-state index contributed by atoms with van der Waals surface area (Å²) in [6.45, 7) is 5.81. The summed E-state index contributed by atoms with van der Waals surface area (Å²) in [7, 11) is 0. The summed E-state index contributed by atoms with van der Waals surface area (Å²) >= 11 is 0. The second kappa shape index (κ2) is 7.50. The van der Waals surface area contributed by atoms with Crippen molar-refractivity contribution in [1.82, 2.24) is 4.90 Å². The molecule has 1 aliphatic rings. The molecule has 1 fully saturated rings. The van der Waals surface area contributed by atoms with Crippen molar-refractivity contribution in [2.24, 2.45) is 5.73 Å². The number of hydrogen-bond acceptors (Lipinski definition) is 2. The summed E-state index contributed by atoms with van der Waals surface area (Å²) in [4.78, 5) is 13.9. The van der Waals surface area contributed by atoms with E-state index in [-0.39, 0.29) is 24.5 Å². The number of nitrogens with zero attached hydrogens (tertiary/aromatic N) is 1. The first-order valence-corrected chi connectivity index (χ1v) is 6.97. The van der Waals surface area contributed by atoms with Crippen LogP contribution in [0, 0.1) is 0 Å². The molecule has 5 heteroatoms. The molecule has 3 N–H and O–H groups in total. The number of carbonyl (C=O) groups is 1. The van der Waals surface area contributed by atoms with Gasteiger partial charge in [-0.3, -0.25) is 0 Å². The van der Waals surface area contributed by atoms with Gasteiger partial charge in [0, 0.05) is 24.8 Å². The van der Waals surface area contributed by atoms with Crippen molar-refractivity contribution in [3.8, 4) is 0 Å². The van der Waals surface area contributed by atoms with Crippen LogP contribution in [-0.4, -0.2) is 30.1 Å². The fraction of sp³-hybridized carbons (Fsp3) is 0.533. The van der Waals surface area contributed by atoms with E-state index in [9.17, 15) is 4.79 Å². The summed E-state index contributed by atoms with van der Waals surface area (Å²) < 4.78 is 0. The van der Waals surface area contributed by atoms with Crippen molar-refractivity contribution in [3.63, 3.8) is 0 Å². The Balaban J connectivity index is 0.00000200. The van der Waals surface area contributed by atoms with Crippen molar-refractivity contribution < 1.29 is 4.79 Å². The summed E-state index contributed by atoms with van der Waals surface area (Å²) in [5.41, 5.74) is 7.97. The third-order valence-corrected chi connectivity index (χ3v) is 3.66. The SMILES string of the molecule is CC(C)c1ccc(NC(=O)N2CCC(N)CC2)cc1.Cl. The first kappa shape index (κ1) is 16.8. The second-order valence-electron chi connectivity index (χ2n) is 5.53. The first-order chi connectivity index (χ1) is 9.06. The van der Waals surface area contributed by atoms with Crippen LogP contribution in [0.2, 0.25) is 0 Å². The molecule has 1 saturated heterocycles. The molecule has 0 aliphatic carbocycles. The zero-order chi connectivity index (χ0) is 13.8. The van der Waals surface area contributed by atoms with E-state index in [1.807, 2.05) is 17.0 Å². The van der Waals surface area contributed by atoms with Gasteiger partial charge in [0.2, 0.25) is 0 Å². The summed E-state index contributed by atoms with van der Waals surface area (Å²) in [6.07, 6.45) is 1.78. The molecule has 0 spiro atoms. The fourth-order valence-electron chi connectivity index (χ4n) is 2.26. The molecule has 112 valence electrons. The highest BCUT2D eigenvalue weighted by Gasteiger charge is 2.20. The van der Waals surface area contributed by atoms with Gasteiger partial charge >= 0.3 is 6.03 Å². The normalized spacial score (nSPS) is 15.9. The van der Waals surface area contributed by atoms with Crippen molar-refractivity contribution in [3.05, 3.63) is 29.8 Å². The van der Waals surface area contributed by atoms with Crippen LogP contribution >= 0.6 is 12.4 Å². The average molecular weight is 298 g/mol. The Hall–Kier alpha value is -1.26. The van der Waals surface area contributed by atoms with Gasteiger partial charge < -0.3 is 16.0 Å². The van der Waals surface area contributed by atoms with E-state index in [1.165, 1.54) is 5.56 Å². The number of urea groups is 1. The maximum absolute atomic E-state index is 12.1. The van der Waals surface area contributed by atoms with Gasteiger partial charge in [0.1, 0.15) is 0 Å². The smallest absolute Gasteiger partial charge is 0.321 e. The number of nitrogens with two attached hydrogens (primary N) is 1. The van der Waals surface area contributed by atoms with Crippen LogP contribution in [-0.2, 0) is 0 Å². The maximum atomic E-state index is 12.1. The van der Waals surface area contributed by atoms with Gasteiger partial charge in [0.05, 0.1) is 0 Å². The Morgan fingerprint density at radius 1 is 1.25 bits per heavy atom. The summed E-state index contributed by atoms with van der Waals surface area (Å²) in [6, 6.07) is 8.27. The van der Waals surface area contributed by atoms with E-state index in [1.54, 1.807) is 0 Å². The lowest BCUT2D eigenvalue weighted by Crippen LogP contribution is -2.44. The molecule has 20 heavy (non-hydrogen) atoms. The van der Waals surface area contributed by atoms with E-state index in [2.05, 4.69) is 31.3 Å². The third-order valence-electron chi connectivity index (χ3n) is 3.66.